The zero-order valence-electron chi connectivity index (χ0n) is 20.5. The van der Waals surface area contributed by atoms with Gasteiger partial charge >= 0.3 is 0 Å². The van der Waals surface area contributed by atoms with E-state index in [-0.39, 0.29) is 6.42 Å². The molecule has 0 aromatic carbocycles. The fraction of sp³-hybridized carbons (Fsp3) is 0.885. The van der Waals surface area contributed by atoms with Crippen molar-refractivity contribution in [3.05, 3.63) is 12.2 Å². The highest BCUT2D eigenvalue weighted by Crippen LogP contribution is 2.16. The summed E-state index contributed by atoms with van der Waals surface area (Å²) >= 11 is 0. The third-order valence-corrected chi connectivity index (χ3v) is 6.11. The van der Waals surface area contributed by atoms with E-state index in [9.17, 15) is 30.3 Å². The monoisotopic (exact) mass is 458 g/mol. The van der Waals surface area contributed by atoms with E-state index in [1.54, 1.807) is 0 Å². The Morgan fingerprint density at radius 1 is 0.625 bits per heavy atom. The lowest BCUT2D eigenvalue weighted by molar-refractivity contribution is -0.153. The van der Waals surface area contributed by atoms with Gasteiger partial charge in [0, 0.05) is 6.42 Å². The maximum atomic E-state index is 11.4. The smallest absolute Gasteiger partial charge is 0.163 e. The van der Waals surface area contributed by atoms with Gasteiger partial charge in [0.25, 0.3) is 0 Å². The quantitative estimate of drug-likeness (QED) is 0.123. The first kappa shape index (κ1) is 31.2. The third-order valence-electron chi connectivity index (χ3n) is 6.11. The molecule has 32 heavy (non-hydrogen) atoms. The Kier molecular flexibility index (Phi) is 20.3. The third kappa shape index (κ3) is 15.1. The number of Topliss-reactive ketones (excluding diaryl/α,β-unsaturated/α-hetero) is 1. The molecule has 0 rings (SSSR count). The van der Waals surface area contributed by atoms with Crippen molar-refractivity contribution in [3.63, 3.8) is 0 Å². The van der Waals surface area contributed by atoms with Gasteiger partial charge in [-0.05, 0) is 32.1 Å². The Labute approximate surface area is 195 Å². The first-order valence-electron chi connectivity index (χ1n) is 12.9. The van der Waals surface area contributed by atoms with Crippen molar-refractivity contribution in [3.8, 4) is 0 Å². The zero-order valence-corrected chi connectivity index (χ0v) is 20.5. The number of hydrogen-bond donors (Lipinski definition) is 5. The molecule has 1 unspecified atom stereocenters. The number of allylic oxidation sites excluding steroid dienone is 2. The summed E-state index contributed by atoms with van der Waals surface area (Å²) in [4.78, 5) is 11.4. The summed E-state index contributed by atoms with van der Waals surface area (Å²) in [7, 11) is 0. The Morgan fingerprint density at radius 3 is 1.59 bits per heavy atom. The van der Waals surface area contributed by atoms with Gasteiger partial charge in [0.15, 0.2) is 5.78 Å². The first-order chi connectivity index (χ1) is 15.4. The minimum atomic E-state index is -1.81. The molecule has 0 fully saturated rings. The molecule has 5 atom stereocenters. The Bertz CT molecular complexity index is 467. The molecule has 0 heterocycles. The molecular formula is C26H50O6. The first-order valence-corrected chi connectivity index (χ1v) is 12.9. The second-order valence-electron chi connectivity index (χ2n) is 9.03. The topological polar surface area (TPSA) is 118 Å². The molecule has 0 bridgehead atoms. The number of hydrogen-bond acceptors (Lipinski definition) is 6. The van der Waals surface area contributed by atoms with Crippen LogP contribution in [0.15, 0.2) is 12.2 Å². The predicted molar refractivity (Wildman–Crippen MR) is 129 cm³/mol. The van der Waals surface area contributed by atoms with Crippen molar-refractivity contribution < 1.29 is 30.3 Å². The second-order valence-corrected chi connectivity index (χ2v) is 9.03. The molecule has 0 aromatic heterocycles. The zero-order chi connectivity index (χ0) is 24.2. The highest BCUT2D eigenvalue weighted by atomic mass is 16.4. The standard InChI is InChI=1S/C26H50O6/c1-3-5-6-7-8-9-10-11-12-13-14-15-16-17-18-19-20-22(28)24(30)26(32)25(31)23(29)21(27)4-2/h11-12,22-26,28-32H,3-10,13-20H2,1-2H3/b12-11-/t22?,23-,24+,25+,26+/m0/s1. The van der Waals surface area contributed by atoms with Crippen LogP contribution < -0.4 is 0 Å². The van der Waals surface area contributed by atoms with Crippen molar-refractivity contribution in [1.82, 2.24) is 0 Å². The molecule has 0 saturated heterocycles. The number of carbonyl (C=O) groups excluding carboxylic acids is 1. The summed E-state index contributed by atoms with van der Waals surface area (Å²) in [5, 5.41) is 49.4. The van der Waals surface area contributed by atoms with Gasteiger partial charge in [0.1, 0.15) is 24.4 Å². The molecule has 0 spiro atoms. The Morgan fingerprint density at radius 2 is 1.09 bits per heavy atom. The summed E-state index contributed by atoms with van der Waals surface area (Å²) in [5.41, 5.74) is 0. The molecule has 6 heteroatoms. The molecule has 0 aliphatic carbocycles. The van der Waals surface area contributed by atoms with E-state index in [1.807, 2.05) is 0 Å². The van der Waals surface area contributed by atoms with Crippen molar-refractivity contribution in [2.24, 2.45) is 0 Å². The maximum Gasteiger partial charge on any atom is 0.163 e. The lowest BCUT2D eigenvalue weighted by atomic mass is 9.94. The van der Waals surface area contributed by atoms with E-state index in [0.29, 0.717) is 12.8 Å². The average molecular weight is 459 g/mol. The van der Waals surface area contributed by atoms with Crippen LogP contribution in [0.5, 0.6) is 0 Å². The van der Waals surface area contributed by atoms with Crippen LogP contribution in [0.1, 0.15) is 117 Å². The van der Waals surface area contributed by atoms with Gasteiger partial charge in [-0.15, -0.1) is 0 Å². The molecule has 0 aliphatic rings. The number of rotatable bonds is 22. The summed E-state index contributed by atoms with van der Waals surface area (Å²) in [5.74, 6) is -0.619. The number of carbonyl (C=O) groups is 1. The van der Waals surface area contributed by atoms with Crippen molar-refractivity contribution in [1.29, 1.82) is 0 Å². The van der Waals surface area contributed by atoms with Crippen LogP contribution >= 0.6 is 0 Å². The maximum absolute atomic E-state index is 11.4. The highest BCUT2D eigenvalue weighted by molar-refractivity contribution is 5.83. The van der Waals surface area contributed by atoms with E-state index in [4.69, 9.17) is 0 Å². The second kappa shape index (κ2) is 20.8. The molecule has 0 amide bonds. The predicted octanol–water partition coefficient (Wildman–Crippen LogP) is 4.20. The highest BCUT2D eigenvalue weighted by Gasteiger charge is 2.36. The fourth-order valence-corrected chi connectivity index (χ4v) is 3.79. The number of aliphatic hydroxyl groups excluding tert-OH is 5. The van der Waals surface area contributed by atoms with E-state index >= 15 is 0 Å². The molecular weight excluding hydrogens is 408 g/mol. The molecule has 0 aromatic rings. The lowest BCUT2D eigenvalue weighted by Gasteiger charge is -2.28. The number of unbranched alkanes of at least 4 members (excludes halogenated alkanes) is 12. The minimum Gasteiger partial charge on any atom is -0.390 e. The largest absolute Gasteiger partial charge is 0.390 e. The summed E-state index contributed by atoms with van der Waals surface area (Å²) < 4.78 is 0. The Hall–Kier alpha value is -0.790. The average Bonchev–Trinajstić information content (AvgIpc) is 2.81. The molecule has 0 aliphatic heterocycles. The van der Waals surface area contributed by atoms with Gasteiger partial charge in [0.2, 0.25) is 0 Å². The van der Waals surface area contributed by atoms with Gasteiger partial charge in [-0.2, -0.15) is 0 Å². The van der Waals surface area contributed by atoms with Crippen molar-refractivity contribution in [2.75, 3.05) is 0 Å². The summed E-state index contributed by atoms with van der Waals surface area (Å²) in [6.07, 6.45) is 13.3. The van der Waals surface area contributed by atoms with Crippen LogP contribution in [0.3, 0.4) is 0 Å². The van der Waals surface area contributed by atoms with Crippen LogP contribution in [0.2, 0.25) is 0 Å². The molecule has 0 saturated carbocycles. The molecule has 5 N–H and O–H groups in total. The molecule has 0 radical (unpaired) electrons. The van der Waals surface area contributed by atoms with E-state index in [0.717, 1.165) is 25.7 Å². The van der Waals surface area contributed by atoms with Crippen LogP contribution in [0.25, 0.3) is 0 Å². The Balaban J connectivity index is 3.69. The summed E-state index contributed by atoms with van der Waals surface area (Å²) in [6, 6.07) is 0. The van der Waals surface area contributed by atoms with Crippen LogP contribution in [0.4, 0.5) is 0 Å². The van der Waals surface area contributed by atoms with E-state index < -0.39 is 36.3 Å². The SMILES string of the molecule is CCCCCCCC/C=C\CCCCCCCCC(O)[C@@H](O)[C@@H](O)[C@H](O)[C@@H](O)C(=O)CC. The van der Waals surface area contributed by atoms with Gasteiger partial charge in [-0.1, -0.05) is 90.2 Å². The molecule has 6 nitrogen and oxygen atoms in total. The van der Waals surface area contributed by atoms with Crippen LogP contribution in [-0.2, 0) is 4.79 Å². The fourth-order valence-electron chi connectivity index (χ4n) is 3.79. The molecule has 190 valence electrons. The van der Waals surface area contributed by atoms with Gasteiger partial charge < -0.3 is 25.5 Å². The van der Waals surface area contributed by atoms with Gasteiger partial charge in [0.05, 0.1) is 6.10 Å². The normalized spacial score (nSPS) is 16.7. The van der Waals surface area contributed by atoms with E-state index in [2.05, 4.69) is 19.1 Å². The van der Waals surface area contributed by atoms with Gasteiger partial charge in [-0.3, -0.25) is 4.79 Å². The number of aliphatic hydroxyl groups is 5. The van der Waals surface area contributed by atoms with Crippen LogP contribution in [0, 0.1) is 0 Å². The lowest BCUT2D eigenvalue weighted by Crippen LogP contribution is -2.51. The minimum absolute atomic E-state index is 0.0130. The van der Waals surface area contributed by atoms with Crippen molar-refractivity contribution in [2.45, 2.75) is 147 Å². The van der Waals surface area contributed by atoms with E-state index in [1.165, 1.54) is 64.7 Å². The van der Waals surface area contributed by atoms with Crippen LogP contribution in [-0.4, -0.2) is 61.8 Å². The van der Waals surface area contributed by atoms with Crippen molar-refractivity contribution >= 4 is 5.78 Å². The summed E-state index contributed by atoms with van der Waals surface area (Å²) in [6.45, 7) is 3.78. The van der Waals surface area contributed by atoms with Gasteiger partial charge in [-0.25, -0.2) is 0 Å². The number of ketones is 1.